The third-order valence-electron chi connectivity index (χ3n) is 3.25. The van der Waals surface area contributed by atoms with Crippen molar-refractivity contribution in [2.24, 2.45) is 4.99 Å². The second-order valence-electron chi connectivity index (χ2n) is 4.98. The number of hydrogen-bond donors (Lipinski definition) is 1. The highest BCUT2D eigenvalue weighted by Gasteiger charge is 2.29. The molecule has 1 heterocycles. The lowest BCUT2D eigenvalue weighted by atomic mass is 10.1. The molecule has 0 bridgehead atoms. The molecule has 0 aromatic carbocycles. The molecule has 2 N–H and O–H groups in total. The molecular formula is C15H18ClN5. The highest BCUT2D eigenvalue weighted by atomic mass is 35.5. The Morgan fingerprint density at radius 2 is 2.38 bits per heavy atom. The van der Waals surface area contributed by atoms with Gasteiger partial charge in [0.05, 0.1) is 11.7 Å². The van der Waals surface area contributed by atoms with Gasteiger partial charge in [-0.15, -0.1) is 0 Å². The molecule has 21 heavy (non-hydrogen) atoms. The van der Waals surface area contributed by atoms with E-state index in [0.717, 1.165) is 24.3 Å². The van der Waals surface area contributed by atoms with Crippen molar-refractivity contribution in [3.63, 3.8) is 0 Å². The largest absolute Gasteiger partial charge is 0.383 e. The van der Waals surface area contributed by atoms with Crippen molar-refractivity contribution in [1.29, 1.82) is 5.26 Å². The van der Waals surface area contributed by atoms with E-state index in [2.05, 4.69) is 22.7 Å². The third-order valence-corrected chi connectivity index (χ3v) is 3.64. The molecule has 0 saturated heterocycles. The smallest absolute Gasteiger partial charge is 0.140 e. The van der Waals surface area contributed by atoms with Gasteiger partial charge in [-0.1, -0.05) is 25.1 Å². The summed E-state index contributed by atoms with van der Waals surface area (Å²) >= 11 is 5.89. The van der Waals surface area contributed by atoms with Gasteiger partial charge < -0.3 is 5.73 Å². The molecule has 6 heteroatoms. The van der Waals surface area contributed by atoms with Crippen molar-refractivity contribution in [2.75, 3.05) is 5.73 Å². The number of nitrogen functional groups attached to an aromatic ring is 1. The normalized spacial score (nSPS) is 15.4. The Hall–Kier alpha value is -2.06. The number of nitrogens with zero attached hydrogens (tertiary/aromatic N) is 4. The summed E-state index contributed by atoms with van der Waals surface area (Å²) in [5, 5.41) is 14.4. The third kappa shape index (κ3) is 3.73. The lowest BCUT2D eigenvalue weighted by Crippen LogP contribution is -2.02. The van der Waals surface area contributed by atoms with Crippen LogP contribution in [0.2, 0.25) is 0 Å². The van der Waals surface area contributed by atoms with Gasteiger partial charge in [-0.25, -0.2) is 4.68 Å². The Labute approximate surface area is 129 Å². The zero-order valence-electron chi connectivity index (χ0n) is 12.0. The summed E-state index contributed by atoms with van der Waals surface area (Å²) in [6.45, 7) is 5.84. The number of hydrogen-bond acceptors (Lipinski definition) is 4. The minimum atomic E-state index is 0.342. The van der Waals surface area contributed by atoms with Gasteiger partial charge in [0.25, 0.3) is 0 Å². The minimum Gasteiger partial charge on any atom is -0.383 e. The molecule has 0 radical (unpaired) electrons. The Bertz CT molecular complexity index is 644. The maximum absolute atomic E-state index is 9.23. The monoisotopic (exact) mass is 303 g/mol. The van der Waals surface area contributed by atoms with Crippen molar-refractivity contribution >= 4 is 23.6 Å². The van der Waals surface area contributed by atoms with Crippen LogP contribution in [0.4, 0.5) is 5.82 Å². The van der Waals surface area contributed by atoms with Crippen LogP contribution in [0.3, 0.4) is 0 Å². The van der Waals surface area contributed by atoms with E-state index in [9.17, 15) is 5.26 Å². The number of anilines is 1. The van der Waals surface area contributed by atoms with E-state index in [1.807, 2.05) is 6.92 Å². The maximum Gasteiger partial charge on any atom is 0.140 e. The maximum atomic E-state index is 9.23. The number of aromatic nitrogens is 2. The Morgan fingerprint density at radius 1 is 1.67 bits per heavy atom. The molecule has 1 aromatic rings. The topological polar surface area (TPSA) is 80.0 Å². The summed E-state index contributed by atoms with van der Waals surface area (Å²) < 4.78 is 1.75. The van der Waals surface area contributed by atoms with Crippen molar-refractivity contribution < 1.29 is 0 Å². The second-order valence-corrected chi connectivity index (χ2v) is 5.47. The van der Waals surface area contributed by atoms with Gasteiger partial charge in [0.2, 0.25) is 0 Å². The SMILES string of the molecule is C=C(Cc1nn(C2CC2)c(N)c1C#N)/N=C\C=C(\Cl)CC. The van der Waals surface area contributed by atoms with Crippen LogP contribution in [0.5, 0.6) is 0 Å². The molecule has 2 rings (SSSR count). The van der Waals surface area contributed by atoms with Crippen LogP contribution in [-0.4, -0.2) is 16.0 Å². The fourth-order valence-corrected chi connectivity index (χ4v) is 1.98. The van der Waals surface area contributed by atoms with E-state index < -0.39 is 0 Å². The number of aliphatic imine (C=N–C) groups is 1. The van der Waals surface area contributed by atoms with Crippen LogP contribution in [0, 0.1) is 11.3 Å². The number of allylic oxidation sites excluding steroid dienone is 3. The van der Waals surface area contributed by atoms with E-state index in [1.165, 1.54) is 0 Å². The van der Waals surface area contributed by atoms with Gasteiger partial charge in [-0.2, -0.15) is 10.4 Å². The standard InChI is InChI=1S/C15H18ClN5/c1-3-11(16)6-7-19-10(2)8-14-13(9-17)15(18)21(20-14)12-4-5-12/h6-7,12H,2-5,8,18H2,1H3/b11-6+,19-7-. The van der Waals surface area contributed by atoms with Gasteiger partial charge in [0.1, 0.15) is 17.5 Å². The van der Waals surface area contributed by atoms with Crippen LogP contribution < -0.4 is 5.73 Å². The molecule has 1 saturated carbocycles. The zero-order valence-corrected chi connectivity index (χ0v) is 12.8. The Balaban J connectivity index is 2.11. The first-order valence-electron chi connectivity index (χ1n) is 6.90. The van der Waals surface area contributed by atoms with Crippen molar-refractivity contribution in [3.8, 4) is 6.07 Å². The minimum absolute atomic E-state index is 0.342. The average molecular weight is 304 g/mol. The predicted octanol–water partition coefficient (Wildman–Crippen LogP) is 3.33. The molecule has 0 aliphatic heterocycles. The molecule has 1 aromatic heterocycles. The van der Waals surface area contributed by atoms with Gasteiger partial charge in [-0.3, -0.25) is 4.99 Å². The fourth-order valence-electron chi connectivity index (χ4n) is 1.92. The Kier molecular flexibility index (Phi) is 4.81. The molecule has 1 aliphatic carbocycles. The summed E-state index contributed by atoms with van der Waals surface area (Å²) in [5.74, 6) is 0.445. The molecule has 5 nitrogen and oxygen atoms in total. The van der Waals surface area contributed by atoms with Crippen molar-refractivity contribution in [2.45, 2.75) is 38.6 Å². The van der Waals surface area contributed by atoms with E-state index in [-0.39, 0.29) is 0 Å². The van der Waals surface area contributed by atoms with Gasteiger partial charge in [-0.05, 0) is 25.3 Å². The average Bonchev–Trinajstić information content (AvgIpc) is 3.24. The van der Waals surface area contributed by atoms with Crippen molar-refractivity contribution in [3.05, 3.63) is 34.6 Å². The van der Waals surface area contributed by atoms with E-state index >= 15 is 0 Å². The number of halogens is 1. The second kappa shape index (κ2) is 6.59. The van der Waals surface area contributed by atoms with Gasteiger partial charge >= 0.3 is 0 Å². The highest BCUT2D eigenvalue weighted by molar-refractivity contribution is 6.30. The molecule has 1 fully saturated rings. The first kappa shape index (κ1) is 15.3. The summed E-state index contributed by atoms with van der Waals surface area (Å²) in [5.41, 5.74) is 7.65. The molecule has 0 atom stereocenters. The first-order chi connectivity index (χ1) is 10.1. The molecule has 110 valence electrons. The summed E-state index contributed by atoms with van der Waals surface area (Å²) in [4.78, 5) is 4.20. The summed E-state index contributed by atoms with van der Waals surface area (Å²) in [6.07, 6.45) is 6.64. The number of nitriles is 1. The lowest BCUT2D eigenvalue weighted by Gasteiger charge is -1.98. The molecular weight excluding hydrogens is 286 g/mol. The highest BCUT2D eigenvalue weighted by Crippen LogP contribution is 2.37. The number of rotatable bonds is 6. The molecule has 0 amide bonds. The first-order valence-corrected chi connectivity index (χ1v) is 7.28. The van der Waals surface area contributed by atoms with E-state index in [1.54, 1.807) is 17.0 Å². The van der Waals surface area contributed by atoms with Crippen LogP contribution >= 0.6 is 11.6 Å². The van der Waals surface area contributed by atoms with Gasteiger partial charge in [0, 0.05) is 23.4 Å². The van der Waals surface area contributed by atoms with Crippen LogP contribution in [0.15, 0.2) is 28.4 Å². The zero-order chi connectivity index (χ0) is 15.4. The molecule has 0 unspecified atom stereocenters. The van der Waals surface area contributed by atoms with Crippen LogP contribution in [0.1, 0.15) is 43.5 Å². The van der Waals surface area contributed by atoms with Crippen LogP contribution in [0.25, 0.3) is 0 Å². The predicted molar refractivity (Wildman–Crippen MR) is 85.2 cm³/mol. The molecule has 1 aliphatic rings. The molecule has 0 spiro atoms. The number of nitrogens with two attached hydrogens (primary N) is 1. The Morgan fingerprint density at radius 3 is 2.95 bits per heavy atom. The summed E-state index contributed by atoms with van der Waals surface area (Å²) in [6, 6.07) is 2.46. The van der Waals surface area contributed by atoms with E-state index in [0.29, 0.717) is 35.2 Å². The summed E-state index contributed by atoms with van der Waals surface area (Å²) in [7, 11) is 0. The van der Waals surface area contributed by atoms with Gasteiger partial charge in [0.15, 0.2) is 0 Å². The fraction of sp³-hybridized carbons (Fsp3) is 0.400. The lowest BCUT2D eigenvalue weighted by molar-refractivity contribution is 0.641. The van der Waals surface area contributed by atoms with Crippen molar-refractivity contribution in [1.82, 2.24) is 9.78 Å². The van der Waals surface area contributed by atoms with E-state index in [4.69, 9.17) is 17.3 Å². The van der Waals surface area contributed by atoms with Crippen LogP contribution in [-0.2, 0) is 6.42 Å². The quantitative estimate of drug-likeness (QED) is 0.818.